The van der Waals surface area contributed by atoms with Gasteiger partial charge in [0.1, 0.15) is 0 Å². The van der Waals surface area contributed by atoms with Crippen LogP contribution in [0, 0.1) is 0 Å². The number of carboxylic acids is 1. The van der Waals surface area contributed by atoms with Crippen molar-refractivity contribution in [2.75, 3.05) is 0 Å². The van der Waals surface area contributed by atoms with Gasteiger partial charge in [-0.1, -0.05) is 48.5 Å². The van der Waals surface area contributed by atoms with E-state index in [0.29, 0.717) is 5.56 Å². The largest absolute Gasteiger partial charge is 0.478 e. The highest BCUT2D eigenvalue weighted by atomic mass is 16.4. The Bertz CT molecular complexity index is 1020. The molecule has 0 atom stereocenters. The van der Waals surface area contributed by atoms with E-state index < -0.39 is 5.97 Å². The fraction of sp³-hybridized carbons (Fsp3) is 0. The second-order valence-corrected chi connectivity index (χ2v) is 5.69. The van der Waals surface area contributed by atoms with Crippen molar-refractivity contribution in [3.8, 4) is 16.8 Å². The standard InChI is InChI=1S/C21H15NO2/c23-21(24)17-10-8-15(9-11-17)18-12-13-22(14-18)20-7-3-5-16-4-1-2-6-19(16)20/h1-14H,(H,23,24). The first-order valence-corrected chi connectivity index (χ1v) is 7.72. The zero-order valence-corrected chi connectivity index (χ0v) is 12.9. The Balaban J connectivity index is 1.75. The van der Waals surface area contributed by atoms with Crippen LogP contribution in [0.15, 0.2) is 85.2 Å². The molecular formula is C21H15NO2. The Hall–Kier alpha value is -3.33. The van der Waals surface area contributed by atoms with Gasteiger partial charge in [-0.15, -0.1) is 0 Å². The number of aromatic nitrogens is 1. The number of carbonyl (C=O) groups is 1. The second kappa shape index (κ2) is 5.70. The Morgan fingerprint density at radius 3 is 2.33 bits per heavy atom. The van der Waals surface area contributed by atoms with Crippen molar-refractivity contribution in [3.63, 3.8) is 0 Å². The molecule has 3 nitrogen and oxygen atoms in total. The van der Waals surface area contributed by atoms with Crippen LogP contribution in [0.4, 0.5) is 0 Å². The zero-order chi connectivity index (χ0) is 16.5. The molecule has 1 N–H and O–H groups in total. The molecule has 0 aliphatic heterocycles. The summed E-state index contributed by atoms with van der Waals surface area (Å²) in [6.07, 6.45) is 4.10. The smallest absolute Gasteiger partial charge is 0.335 e. The fourth-order valence-electron chi connectivity index (χ4n) is 2.96. The lowest BCUT2D eigenvalue weighted by atomic mass is 10.1. The molecule has 3 heteroatoms. The number of rotatable bonds is 3. The molecule has 0 amide bonds. The van der Waals surface area contributed by atoms with E-state index in [1.807, 2.05) is 36.5 Å². The Morgan fingerprint density at radius 2 is 1.54 bits per heavy atom. The third kappa shape index (κ3) is 2.46. The summed E-state index contributed by atoms with van der Waals surface area (Å²) in [7, 11) is 0. The van der Waals surface area contributed by atoms with Crippen molar-refractivity contribution in [1.82, 2.24) is 4.57 Å². The van der Waals surface area contributed by atoms with Gasteiger partial charge in [0, 0.05) is 17.8 Å². The van der Waals surface area contributed by atoms with Gasteiger partial charge in [0.15, 0.2) is 0 Å². The highest BCUT2D eigenvalue weighted by molar-refractivity contribution is 5.90. The third-order valence-electron chi connectivity index (χ3n) is 4.20. The minimum atomic E-state index is -0.908. The van der Waals surface area contributed by atoms with Gasteiger partial charge in [0.05, 0.1) is 11.3 Å². The van der Waals surface area contributed by atoms with Crippen LogP contribution >= 0.6 is 0 Å². The normalized spacial score (nSPS) is 10.8. The van der Waals surface area contributed by atoms with Gasteiger partial charge in [-0.2, -0.15) is 0 Å². The number of aromatic carboxylic acids is 1. The zero-order valence-electron chi connectivity index (χ0n) is 12.9. The number of fused-ring (bicyclic) bond motifs is 1. The van der Waals surface area contributed by atoms with Crippen molar-refractivity contribution in [2.45, 2.75) is 0 Å². The average molecular weight is 313 g/mol. The molecule has 0 radical (unpaired) electrons. The molecular weight excluding hydrogens is 298 g/mol. The van der Waals surface area contributed by atoms with Crippen LogP contribution in [0.2, 0.25) is 0 Å². The number of carboxylic acid groups (broad SMARTS) is 1. The van der Waals surface area contributed by atoms with E-state index in [4.69, 9.17) is 5.11 Å². The summed E-state index contributed by atoms with van der Waals surface area (Å²) in [6.45, 7) is 0. The lowest BCUT2D eigenvalue weighted by molar-refractivity contribution is 0.0697. The Kier molecular flexibility index (Phi) is 3.39. The van der Waals surface area contributed by atoms with Crippen LogP contribution in [-0.2, 0) is 0 Å². The van der Waals surface area contributed by atoms with Crippen LogP contribution in [0.25, 0.3) is 27.6 Å². The van der Waals surface area contributed by atoms with Crippen molar-refractivity contribution in [1.29, 1.82) is 0 Å². The van der Waals surface area contributed by atoms with Gasteiger partial charge < -0.3 is 9.67 Å². The van der Waals surface area contributed by atoms with Crippen LogP contribution in [0.1, 0.15) is 10.4 Å². The molecule has 0 saturated heterocycles. The van der Waals surface area contributed by atoms with Gasteiger partial charge in [-0.05, 0) is 40.8 Å². The maximum absolute atomic E-state index is 11.0. The van der Waals surface area contributed by atoms with Crippen molar-refractivity contribution in [3.05, 3.63) is 90.8 Å². The van der Waals surface area contributed by atoms with Crippen molar-refractivity contribution >= 4 is 16.7 Å². The van der Waals surface area contributed by atoms with E-state index >= 15 is 0 Å². The van der Waals surface area contributed by atoms with Gasteiger partial charge in [0.25, 0.3) is 0 Å². The minimum absolute atomic E-state index is 0.298. The van der Waals surface area contributed by atoms with Crippen molar-refractivity contribution < 1.29 is 9.90 Å². The van der Waals surface area contributed by atoms with E-state index in [2.05, 4.69) is 41.1 Å². The molecule has 3 aromatic carbocycles. The molecule has 0 aliphatic rings. The van der Waals surface area contributed by atoms with E-state index in [9.17, 15) is 4.79 Å². The fourth-order valence-corrected chi connectivity index (χ4v) is 2.96. The van der Waals surface area contributed by atoms with Crippen LogP contribution < -0.4 is 0 Å². The van der Waals surface area contributed by atoms with Gasteiger partial charge >= 0.3 is 5.97 Å². The number of hydrogen-bond acceptors (Lipinski definition) is 1. The van der Waals surface area contributed by atoms with E-state index in [0.717, 1.165) is 16.8 Å². The van der Waals surface area contributed by atoms with Crippen molar-refractivity contribution in [2.24, 2.45) is 0 Å². The predicted octanol–water partition coefficient (Wildman–Crippen LogP) is 5.00. The summed E-state index contributed by atoms with van der Waals surface area (Å²) >= 11 is 0. The number of nitrogens with zero attached hydrogens (tertiary/aromatic N) is 1. The predicted molar refractivity (Wildman–Crippen MR) is 95.7 cm³/mol. The monoisotopic (exact) mass is 313 g/mol. The second-order valence-electron chi connectivity index (χ2n) is 5.69. The first-order chi connectivity index (χ1) is 11.7. The Morgan fingerprint density at radius 1 is 0.792 bits per heavy atom. The average Bonchev–Trinajstić information content (AvgIpc) is 3.11. The molecule has 0 aliphatic carbocycles. The first kappa shape index (κ1) is 14.3. The molecule has 116 valence electrons. The van der Waals surface area contributed by atoms with Gasteiger partial charge in [-0.25, -0.2) is 4.79 Å². The topological polar surface area (TPSA) is 42.2 Å². The van der Waals surface area contributed by atoms with Crippen LogP contribution in [0.3, 0.4) is 0 Å². The van der Waals surface area contributed by atoms with Crippen LogP contribution in [0.5, 0.6) is 0 Å². The number of hydrogen-bond donors (Lipinski definition) is 1. The van der Waals surface area contributed by atoms with Gasteiger partial charge in [-0.3, -0.25) is 0 Å². The summed E-state index contributed by atoms with van der Waals surface area (Å²) in [4.78, 5) is 11.0. The quantitative estimate of drug-likeness (QED) is 0.578. The molecule has 0 saturated carbocycles. The number of benzene rings is 3. The van der Waals surface area contributed by atoms with E-state index in [-0.39, 0.29) is 0 Å². The first-order valence-electron chi connectivity index (χ1n) is 7.72. The van der Waals surface area contributed by atoms with E-state index in [1.165, 1.54) is 10.8 Å². The highest BCUT2D eigenvalue weighted by Crippen LogP contribution is 2.26. The molecule has 0 unspecified atom stereocenters. The summed E-state index contributed by atoms with van der Waals surface area (Å²) in [6, 6.07) is 23.5. The molecule has 1 heterocycles. The van der Waals surface area contributed by atoms with Crippen LogP contribution in [-0.4, -0.2) is 15.6 Å². The molecule has 4 aromatic rings. The summed E-state index contributed by atoms with van der Waals surface area (Å²) in [5.74, 6) is -0.908. The summed E-state index contributed by atoms with van der Waals surface area (Å²) in [5.41, 5.74) is 3.48. The SMILES string of the molecule is O=C(O)c1ccc(-c2ccn(-c3cccc4ccccc34)c2)cc1. The summed E-state index contributed by atoms with van der Waals surface area (Å²) < 4.78 is 2.10. The molecule has 4 rings (SSSR count). The molecule has 0 bridgehead atoms. The molecule has 0 fully saturated rings. The molecule has 24 heavy (non-hydrogen) atoms. The highest BCUT2D eigenvalue weighted by Gasteiger charge is 2.07. The third-order valence-corrected chi connectivity index (χ3v) is 4.20. The maximum Gasteiger partial charge on any atom is 0.335 e. The maximum atomic E-state index is 11.0. The summed E-state index contributed by atoms with van der Waals surface area (Å²) in [5, 5.41) is 11.4. The minimum Gasteiger partial charge on any atom is -0.478 e. The lowest BCUT2D eigenvalue weighted by Gasteiger charge is -2.07. The molecule has 1 aromatic heterocycles. The lowest BCUT2D eigenvalue weighted by Crippen LogP contribution is -1.94. The van der Waals surface area contributed by atoms with Gasteiger partial charge in [0.2, 0.25) is 0 Å². The van der Waals surface area contributed by atoms with E-state index in [1.54, 1.807) is 12.1 Å². The molecule has 0 spiro atoms. The Labute approximate surface area is 139 Å².